The molecular formula is C26H28ClN3O3S. The van der Waals surface area contributed by atoms with Crippen molar-refractivity contribution >= 4 is 38.9 Å². The third-order valence-corrected chi connectivity index (χ3v) is 8.38. The fourth-order valence-electron chi connectivity index (χ4n) is 4.37. The molecule has 4 rings (SSSR count). The molecule has 1 aliphatic rings. The molecule has 1 amide bonds. The summed E-state index contributed by atoms with van der Waals surface area (Å²) in [6.45, 7) is 2.13. The van der Waals surface area contributed by atoms with Crippen LogP contribution in [0.25, 0.3) is 0 Å². The van der Waals surface area contributed by atoms with E-state index in [9.17, 15) is 13.2 Å². The Bertz CT molecular complexity index is 1270. The van der Waals surface area contributed by atoms with Crippen LogP contribution >= 0.6 is 11.6 Å². The Hall–Kier alpha value is -2.87. The smallest absolute Gasteiger partial charge is 0.265 e. The van der Waals surface area contributed by atoms with Gasteiger partial charge in [0.05, 0.1) is 17.3 Å². The van der Waals surface area contributed by atoms with Gasteiger partial charge in [0.1, 0.15) is 4.90 Å². The van der Waals surface area contributed by atoms with Gasteiger partial charge in [0, 0.05) is 18.3 Å². The lowest BCUT2D eigenvalue weighted by atomic mass is 9.88. The highest BCUT2D eigenvalue weighted by Crippen LogP contribution is 2.31. The Labute approximate surface area is 206 Å². The van der Waals surface area contributed by atoms with E-state index in [2.05, 4.69) is 22.8 Å². The first-order chi connectivity index (χ1) is 16.4. The van der Waals surface area contributed by atoms with E-state index in [0.717, 1.165) is 19.3 Å². The highest BCUT2D eigenvalue weighted by Gasteiger charge is 2.27. The van der Waals surface area contributed by atoms with E-state index in [-0.39, 0.29) is 35.0 Å². The van der Waals surface area contributed by atoms with Crippen LogP contribution in [0.3, 0.4) is 0 Å². The number of para-hydroxylation sites is 1. The summed E-state index contributed by atoms with van der Waals surface area (Å²) >= 11 is 6.29. The number of halogens is 1. The maximum absolute atomic E-state index is 13.4. The highest BCUT2D eigenvalue weighted by atomic mass is 35.5. The summed E-state index contributed by atoms with van der Waals surface area (Å²) in [5, 5.41) is 6.24. The molecule has 0 aliphatic heterocycles. The Morgan fingerprint density at radius 1 is 1.06 bits per heavy atom. The number of fused-ring (bicyclic) bond motifs is 1. The summed E-state index contributed by atoms with van der Waals surface area (Å²) < 4.78 is 28.1. The average molecular weight is 498 g/mol. The fourth-order valence-corrected chi connectivity index (χ4v) is 6.35. The zero-order valence-electron chi connectivity index (χ0n) is 19.0. The number of sulfonamides is 1. The summed E-state index contributed by atoms with van der Waals surface area (Å²) in [5.74, 6) is -0.246. The lowest BCUT2D eigenvalue weighted by Crippen LogP contribution is -2.33. The summed E-state index contributed by atoms with van der Waals surface area (Å²) in [5.41, 5.74) is 3.48. The van der Waals surface area contributed by atoms with Gasteiger partial charge in [-0.3, -0.25) is 9.10 Å². The number of amides is 1. The van der Waals surface area contributed by atoms with Gasteiger partial charge in [0.25, 0.3) is 10.0 Å². The zero-order chi connectivity index (χ0) is 24.1. The van der Waals surface area contributed by atoms with E-state index in [1.807, 2.05) is 18.2 Å². The molecule has 34 heavy (non-hydrogen) atoms. The lowest BCUT2D eigenvalue weighted by molar-refractivity contribution is -0.115. The fraction of sp³-hybridized carbons (Fsp3) is 0.269. The van der Waals surface area contributed by atoms with Crippen LogP contribution in [0.1, 0.15) is 36.9 Å². The van der Waals surface area contributed by atoms with E-state index < -0.39 is 10.0 Å². The molecule has 6 nitrogen and oxygen atoms in total. The Kier molecular flexibility index (Phi) is 7.56. The molecule has 0 bridgehead atoms. The first-order valence-corrected chi connectivity index (χ1v) is 13.2. The minimum absolute atomic E-state index is 0.0492. The van der Waals surface area contributed by atoms with Crippen LogP contribution in [0.2, 0.25) is 5.02 Å². The van der Waals surface area contributed by atoms with Gasteiger partial charge in [-0.1, -0.05) is 54.1 Å². The molecule has 2 N–H and O–H groups in total. The Morgan fingerprint density at radius 3 is 2.56 bits per heavy atom. The van der Waals surface area contributed by atoms with Crippen molar-refractivity contribution in [2.45, 2.75) is 37.1 Å². The van der Waals surface area contributed by atoms with Gasteiger partial charge in [0.15, 0.2) is 0 Å². The molecule has 1 atom stereocenters. The minimum atomic E-state index is -3.92. The van der Waals surface area contributed by atoms with Crippen molar-refractivity contribution in [1.29, 1.82) is 0 Å². The van der Waals surface area contributed by atoms with Crippen LogP contribution in [-0.4, -0.2) is 27.4 Å². The van der Waals surface area contributed by atoms with Crippen molar-refractivity contribution < 1.29 is 13.2 Å². The quantitative estimate of drug-likeness (QED) is 0.450. The predicted molar refractivity (Wildman–Crippen MR) is 137 cm³/mol. The van der Waals surface area contributed by atoms with E-state index in [0.29, 0.717) is 11.4 Å². The Morgan fingerprint density at radius 2 is 1.79 bits per heavy atom. The summed E-state index contributed by atoms with van der Waals surface area (Å²) in [6, 6.07) is 21.8. The molecule has 178 valence electrons. The van der Waals surface area contributed by atoms with Gasteiger partial charge < -0.3 is 10.6 Å². The van der Waals surface area contributed by atoms with Gasteiger partial charge in [-0.15, -0.1) is 0 Å². The first-order valence-electron chi connectivity index (χ1n) is 11.4. The number of anilines is 2. The molecule has 0 fully saturated rings. The van der Waals surface area contributed by atoms with Gasteiger partial charge >= 0.3 is 0 Å². The monoisotopic (exact) mass is 497 g/mol. The normalized spacial score (nSPS) is 15.4. The van der Waals surface area contributed by atoms with E-state index in [1.165, 1.54) is 27.6 Å². The van der Waals surface area contributed by atoms with Gasteiger partial charge in [-0.2, -0.15) is 0 Å². The molecule has 3 aromatic rings. The van der Waals surface area contributed by atoms with Crippen molar-refractivity contribution in [2.24, 2.45) is 0 Å². The van der Waals surface area contributed by atoms with Gasteiger partial charge in [-0.25, -0.2) is 8.42 Å². The summed E-state index contributed by atoms with van der Waals surface area (Å²) in [6.07, 6.45) is 3.10. The average Bonchev–Trinajstić information content (AvgIpc) is 2.85. The Balaban J connectivity index is 1.47. The van der Waals surface area contributed by atoms with Crippen molar-refractivity contribution in [3.8, 4) is 0 Å². The molecule has 0 spiro atoms. The molecule has 0 radical (unpaired) electrons. The molecule has 3 aromatic carbocycles. The van der Waals surface area contributed by atoms with Crippen LogP contribution in [0.5, 0.6) is 0 Å². The second-order valence-electron chi connectivity index (χ2n) is 8.22. The molecule has 8 heteroatoms. The standard InChI is InChI=1S/C26H28ClN3O3S/c1-2-30(21-11-4-3-5-12-21)34(32,33)25-17-20(15-16-23(25)27)29-26(31)18-28-24-14-8-10-19-9-6-7-13-22(19)24/h3-7,9,11-13,15-17,24,28H,2,8,10,14,18H2,1H3,(H,29,31)/t24-/m0/s1. The molecular weight excluding hydrogens is 470 g/mol. The van der Waals surface area contributed by atoms with Crippen molar-refractivity contribution in [1.82, 2.24) is 5.32 Å². The number of carbonyl (C=O) groups excluding carboxylic acids is 1. The number of nitrogens with one attached hydrogen (secondary N) is 2. The van der Waals surface area contributed by atoms with Gasteiger partial charge in [0.2, 0.25) is 5.91 Å². The number of aryl methyl sites for hydroxylation is 1. The summed E-state index contributed by atoms with van der Waals surface area (Å²) in [4.78, 5) is 12.6. The molecule has 0 saturated heterocycles. The van der Waals surface area contributed by atoms with Crippen LogP contribution in [0.4, 0.5) is 11.4 Å². The molecule has 0 heterocycles. The third kappa shape index (κ3) is 5.27. The molecule has 0 unspecified atom stereocenters. The van der Waals surface area contributed by atoms with Gasteiger partial charge in [-0.05, 0) is 67.6 Å². The second kappa shape index (κ2) is 10.6. The van der Waals surface area contributed by atoms with Crippen LogP contribution in [0.15, 0.2) is 77.7 Å². The number of benzene rings is 3. The number of hydrogen-bond donors (Lipinski definition) is 2. The topological polar surface area (TPSA) is 78.5 Å². The zero-order valence-corrected chi connectivity index (χ0v) is 20.6. The maximum atomic E-state index is 13.4. The van der Waals surface area contributed by atoms with Crippen LogP contribution in [-0.2, 0) is 21.2 Å². The molecule has 0 aromatic heterocycles. The highest BCUT2D eigenvalue weighted by molar-refractivity contribution is 7.93. The van der Waals surface area contributed by atoms with E-state index >= 15 is 0 Å². The molecule has 1 aliphatic carbocycles. The number of carbonyl (C=O) groups is 1. The SMILES string of the molecule is CCN(c1ccccc1)S(=O)(=O)c1cc(NC(=O)CN[C@H]2CCCc3ccccc32)ccc1Cl. The number of rotatable bonds is 8. The van der Waals surface area contributed by atoms with Crippen molar-refractivity contribution in [3.05, 3.63) is 88.9 Å². The second-order valence-corrected chi connectivity index (χ2v) is 10.5. The van der Waals surface area contributed by atoms with E-state index in [1.54, 1.807) is 37.3 Å². The van der Waals surface area contributed by atoms with Crippen molar-refractivity contribution in [3.63, 3.8) is 0 Å². The maximum Gasteiger partial charge on any atom is 0.265 e. The van der Waals surface area contributed by atoms with Crippen LogP contribution in [0, 0.1) is 0 Å². The predicted octanol–water partition coefficient (Wildman–Crippen LogP) is 5.16. The van der Waals surface area contributed by atoms with E-state index in [4.69, 9.17) is 11.6 Å². The third-order valence-electron chi connectivity index (χ3n) is 5.99. The minimum Gasteiger partial charge on any atom is -0.325 e. The molecule has 0 saturated carbocycles. The lowest BCUT2D eigenvalue weighted by Gasteiger charge is -2.26. The summed E-state index contributed by atoms with van der Waals surface area (Å²) in [7, 11) is -3.92. The first kappa shape index (κ1) is 24.3. The van der Waals surface area contributed by atoms with Crippen LogP contribution < -0.4 is 14.9 Å². The van der Waals surface area contributed by atoms with Crippen molar-refractivity contribution in [2.75, 3.05) is 22.7 Å². The number of hydrogen-bond acceptors (Lipinski definition) is 4. The number of nitrogens with zero attached hydrogens (tertiary/aromatic N) is 1. The largest absolute Gasteiger partial charge is 0.325 e.